The van der Waals surface area contributed by atoms with Crippen LogP contribution in [0.4, 0.5) is 0 Å². The Hall–Kier alpha value is -1.61. The first-order valence-corrected chi connectivity index (χ1v) is 8.28. The Kier molecular flexibility index (Phi) is 10.2. The Morgan fingerprint density at radius 2 is 2.00 bits per heavy atom. The largest absolute Gasteiger partial charge is 0.383 e. The van der Waals surface area contributed by atoms with E-state index in [2.05, 4.69) is 63.3 Å². The van der Waals surface area contributed by atoms with Crippen molar-refractivity contribution < 1.29 is 4.74 Å². The van der Waals surface area contributed by atoms with Crippen molar-refractivity contribution in [1.82, 2.24) is 20.2 Å². The average Bonchev–Trinajstić information content (AvgIpc) is 3.07. The monoisotopic (exact) mass is 457 g/mol. The zero-order valence-corrected chi connectivity index (χ0v) is 17.4. The standard InChI is InChI=1S/C18H27N5O.HI/c1-4-20-18(22-15(2)13-24-3)21-11-16-5-7-17(8-6-16)12-23-10-9-19-14-23;/h5-10,14-15H,4,11-13H2,1-3H3,(H2,20,21,22);1H. The quantitative estimate of drug-likeness (QED) is 0.364. The summed E-state index contributed by atoms with van der Waals surface area (Å²) in [6.45, 7) is 7.08. The number of methoxy groups -OCH3 is 1. The fourth-order valence-electron chi connectivity index (χ4n) is 2.36. The molecule has 6 nitrogen and oxygen atoms in total. The highest BCUT2D eigenvalue weighted by atomic mass is 127. The topological polar surface area (TPSA) is 63.5 Å². The van der Waals surface area contributed by atoms with E-state index in [0.717, 1.165) is 19.0 Å². The van der Waals surface area contributed by atoms with Crippen molar-refractivity contribution in [2.24, 2.45) is 4.99 Å². The van der Waals surface area contributed by atoms with Crippen molar-refractivity contribution in [2.45, 2.75) is 33.0 Å². The summed E-state index contributed by atoms with van der Waals surface area (Å²) in [5.41, 5.74) is 2.43. The van der Waals surface area contributed by atoms with E-state index in [1.807, 2.05) is 12.5 Å². The summed E-state index contributed by atoms with van der Waals surface area (Å²) in [4.78, 5) is 8.70. The van der Waals surface area contributed by atoms with Crippen molar-refractivity contribution >= 4 is 29.9 Å². The average molecular weight is 457 g/mol. The number of hydrogen-bond donors (Lipinski definition) is 2. The van der Waals surface area contributed by atoms with Gasteiger partial charge in [-0.25, -0.2) is 9.98 Å². The van der Waals surface area contributed by atoms with Gasteiger partial charge in [0.05, 0.1) is 19.5 Å². The van der Waals surface area contributed by atoms with E-state index in [-0.39, 0.29) is 30.0 Å². The van der Waals surface area contributed by atoms with E-state index < -0.39 is 0 Å². The van der Waals surface area contributed by atoms with Gasteiger partial charge >= 0.3 is 0 Å². The molecule has 1 heterocycles. The smallest absolute Gasteiger partial charge is 0.191 e. The van der Waals surface area contributed by atoms with Crippen LogP contribution in [0.15, 0.2) is 48.0 Å². The highest BCUT2D eigenvalue weighted by Gasteiger charge is 2.04. The molecule has 0 bridgehead atoms. The maximum Gasteiger partial charge on any atom is 0.191 e. The van der Waals surface area contributed by atoms with Gasteiger partial charge in [-0.2, -0.15) is 0 Å². The molecule has 1 aromatic carbocycles. The van der Waals surface area contributed by atoms with Gasteiger partial charge in [0.1, 0.15) is 0 Å². The second-order valence-electron chi connectivity index (χ2n) is 5.75. The summed E-state index contributed by atoms with van der Waals surface area (Å²) in [5, 5.41) is 6.59. The maximum absolute atomic E-state index is 5.15. The Labute approximate surface area is 167 Å². The number of guanidine groups is 1. The lowest BCUT2D eigenvalue weighted by Gasteiger charge is -2.17. The van der Waals surface area contributed by atoms with Crippen molar-refractivity contribution in [3.63, 3.8) is 0 Å². The Morgan fingerprint density at radius 1 is 1.28 bits per heavy atom. The number of imidazole rings is 1. The lowest BCUT2D eigenvalue weighted by atomic mass is 10.1. The number of hydrogen-bond acceptors (Lipinski definition) is 3. The van der Waals surface area contributed by atoms with Gasteiger partial charge in [-0.3, -0.25) is 0 Å². The molecular formula is C18H28IN5O. The van der Waals surface area contributed by atoms with Crippen LogP contribution >= 0.6 is 24.0 Å². The molecule has 2 aromatic rings. The van der Waals surface area contributed by atoms with Gasteiger partial charge in [-0.15, -0.1) is 24.0 Å². The van der Waals surface area contributed by atoms with Crippen LogP contribution in [-0.4, -0.2) is 41.8 Å². The number of aromatic nitrogens is 2. The van der Waals surface area contributed by atoms with Crippen molar-refractivity contribution in [3.05, 3.63) is 54.1 Å². The molecule has 25 heavy (non-hydrogen) atoms. The van der Waals surface area contributed by atoms with Gasteiger partial charge in [-0.05, 0) is 25.0 Å². The first kappa shape index (κ1) is 21.4. The Morgan fingerprint density at radius 3 is 2.60 bits per heavy atom. The highest BCUT2D eigenvalue weighted by molar-refractivity contribution is 14.0. The Balaban J connectivity index is 0.00000312. The van der Waals surface area contributed by atoms with E-state index >= 15 is 0 Å². The van der Waals surface area contributed by atoms with Crippen LogP contribution in [0.5, 0.6) is 0 Å². The zero-order valence-electron chi connectivity index (χ0n) is 15.1. The number of aliphatic imine (C=N–C) groups is 1. The van der Waals surface area contributed by atoms with Crippen LogP contribution in [0.1, 0.15) is 25.0 Å². The molecule has 2 N–H and O–H groups in total. The number of nitrogens with zero attached hydrogens (tertiary/aromatic N) is 3. The number of benzene rings is 1. The second-order valence-corrected chi connectivity index (χ2v) is 5.75. The highest BCUT2D eigenvalue weighted by Crippen LogP contribution is 2.07. The molecule has 0 saturated carbocycles. The summed E-state index contributed by atoms with van der Waals surface area (Å²) in [6.07, 6.45) is 5.59. The molecule has 0 aliphatic carbocycles. The van der Waals surface area contributed by atoms with Crippen LogP contribution in [0, 0.1) is 0 Å². The third-order valence-corrected chi connectivity index (χ3v) is 3.51. The summed E-state index contributed by atoms with van der Waals surface area (Å²) in [6, 6.07) is 8.73. The van der Waals surface area contributed by atoms with Gasteiger partial charge < -0.3 is 19.9 Å². The molecule has 0 saturated heterocycles. The molecule has 7 heteroatoms. The second kappa shape index (κ2) is 11.9. The van der Waals surface area contributed by atoms with Crippen molar-refractivity contribution in [2.75, 3.05) is 20.3 Å². The van der Waals surface area contributed by atoms with E-state index in [1.54, 1.807) is 13.3 Å². The molecule has 1 unspecified atom stereocenters. The third-order valence-electron chi connectivity index (χ3n) is 3.51. The normalized spacial score (nSPS) is 12.4. The van der Waals surface area contributed by atoms with Crippen LogP contribution in [0.3, 0.4) is 0 Å². The molecule has 0 aliphatic heterocycles. The van der Waals surface area contributed by atoms with Gasteiger partial charge in [-0.1, -0.05) is 24.3 Å². The molecule has 1 atom stereocenters. The number of rotatable bonds is 8. The fourth-order valence-corrected chi connectivity index (χ4v) is 2.36. The molecule has 2 rings (SSSR count). The van der Waals surface area contributed by atoms with Gasteiger partial charge in [0.15, 0.2) is 5.96 Å². The fraction of sp³-hybridized carbons (Fsp3) is 0.444. The van der Waals surface area contributed by atoms with Crippen LogP contribution < -0.4 is 10.6 Å². The lowest BCUT2D eigenvalue weighted by molar-refractivity contribution is 0.179. The van der Waals surface area contributed by atoms with Crippen LogP contribution in [-0.2, 0) is 17.8 Å². The minimum atomic E-state index is 0. The molecule has 0 aliphatic rings. The summed E-state index contributed by atoms with van der Waals surface area (Å²) < 4.78 is 7.20. The number of nitrogens with one attached hydrogen (secondary N) is 2. The summed E-state index contributed by atoms with van der Waals surface area (Å²) in [5.74, 6) is 0.810. The molecule has 1 aromatic heterocycles. The van der Waals surface area contributed by atoms with Gasteiger partial charge in [0.25, 0.3) is 0 Å². The molecule has 0 fully saturated rings. The molecule has 0 radical (unpaired) electrons. The van der Waals surface area contributed by atoms with E-state index in [1.165, 1.54) is 11.1 Å². The van der Waals surface area contributed by atoms with Gasteiger partial charge in [0.2, 0.25) is 0 Å². The minimum absolute atomic E-state index is 0. The minimum Gasteiger partial charge on any atom is -0.383 e. The predicted octanol–water partition coefficient (Wildman–Crippen LogP) is 2.64. The number of ether oxygens (including phenoxy) is 1. The van der Waals surface area contributed by atoms with Crippen molar-refractivity contribution in [1.29, 1.82) is 0 Å². The summed E-state index contributed by atoms with van der Waals surface area (Å²) in [7, 11) is 1.70. The SMILES string of the molecule is CCNC(=NCc1ccc(Cn2ccnc2)cc1)NC(C)COC.I. The van der Waals surface area contributed by atoms with Crippen molar-refractivity contribution in [3.8, 4) is 0 Å². The Bertz CT molecular complexity index is 613. The van der Waals surface area contributed by atoms with Crippen LogP contribution in [0.2, 0.25) is 0 Å². The molecular weight excluding hydrogens is 429 g/mol. The van der Waals surface area contributed by atoms with E-state index in [4.69, 9.17) is 4.74 Å². The predicted molar refractivity (Wildman–Crippen MR) is 112 cm³/mol. The molecule has 0 amide bonds. The van der Waals surface area contributed by atoms with Gasteiger partial charge in [0, 0.05) is 38.6 Å². The van der Waals surface area contributed by atoms with E-state index in [9.17, 15) is 0 Å². The molecule has 138 valence electrons. The van der Waals surface area contributed by atoms with E-state index in [0.29, 0.717) is 13.2 Å². The summed E-state index contributed by atoms with van der Waals surface area (Å²) >= 11 is 0. The first-order chi connectivity index (χ1) is 11.7. The third kappa shape index (κ3) is 7.87. The van der Waals surface area contributed by atoms with Crippen LogP contribution in [0.25, 0.3) is 0 Å². The number of halogens is 1. The maximum atomic E-state index is 5.15. The zero-order chi connectivity index (χ0) is 17.2. The first-order valence-electron chi connectivity index (χ1n) is 8.28. The lowest BCUT2D eigenvalue weighted by Crippen LogP contribution is -2.43. The molecule has 0 spiro atoms.